The van der Waals surface area contributed by atoms with Gasteiger partial charge in [-0.05, 0) is 6.07 Å². The van der Waals surface area contributed by atoms with Gasteiger partial charge in [-0.2, -0.15) is 0 Å². The summed E-state index contributed by atoms with van der Waals surface area (Å²) >= 11 is 0. The van der Waals surface area contributed by atoms with Gasteiger partial charge >= 0.3 is 0 Å². The first-order valence-corrected chi connectivity index (χ1v) is 4.47. The molecule has 0 spiro atoms. The van der Waals surface area contributed by atoms with E-state index in [4.69, 9.17) is 5.21 Å². The van der Waals surface area contributed by atoms with Gasteiger partial charge in [0.15, 0.2) is 0 Å². The molecule has 2 heteroatoms. The van der Waals surface area contributed by atoms with Crippen LogP contribution in [-0.2, 0) is 0 Å². The topological polar surface area (TPSA) is 24.1 Å². The van der Waals surface area contributed by atoms with Crippen LogP contribution in [0.3, 0.4) is 0 Å². The standard InChI is InChI=1S/C6H8NO.2C2H6/c1-6-4-2-3-5-7(6)8;2*1-2/h2-5,8H,1H3;2*1-2H3/q+1;;. The minimum Gasteiger partial charge on any atom is -0.285 e. The van der Waals surface area contributed by atoms with Crippen LogP contribution in [0, 0.1) is 6.92 Å². The van der Waals surface area contributed by atoms with Crippen LogP contribution in [-0.4, -0.2) is 5.21 Å². The van der Waals surface area contributed by atoms with Crippen LogP contribution >= 0.6 is 0 Å². The molecular formula is C10H20NO+. The smallest absolute Gasteiger partial charge is 0.231 e. The van der Waals surface area contributed by atoms with E-state index in [1.165, 1.54) is 0 Å². The highest BCUT2D eigenvalue weighted by Crippen LogP contribution is 1.83. The predicted molar refractivity (Wildman–Crippen MR) is 51.3 cm³/mol. The molecule has 1 rings (SSSR count). The molecule has 12 heavy (non-hydrogen) atoms. The molecule has 0 aliphatic carbocycles. The summed E-state index contributed by atoms with van der Waals surface area (Å²) in [5, 5.41) is 8.84. The number of aromatic nitrogens is 1. The summed E-state index contributed by atoms with van der Waals surface area (Å²) in [5.41, 5.74) is 0.840. The van der Waals surface area contributed by atoms with Gasteiger partial charge in [0, 0.05) is 23.8 Å². The summed E-state index contributed by atoms with van der Waals surface area (Å²) in [6, 6.07) is 5.48. The summed E-state index contributed by atoms with van der Waals surface area (Å²) in [6.07, 6.45) is 1.59. The summed E-state index contributed by atoms with van der Waals surface area (Å²) in [5.74, 6) is 0. The Morgan fingerprint density at radius 1 is 1.08 bits per heavy atom. The fourth-order valence-corrected chi connectivity index (χ4v) is 0.520. The molecule has 0 aliphatic rings. The molecule has 70 valence electrons. The van der Waals surface area contributed by atoms with Gasteiger partial charge in [-0.15, -0.1) is 0 Å². The van der Waals surface area contributed by atoms with Crippen molar-refractivity contribution in [3.05, 3.63) is 30.1 Å². The highest BCUT2D eigenvalue weighted by atomic mass is 16.5. The van der Waals surface area contributed by atoms with Crippen molar-refractivity contribution in [3.63, 3.8) is 0 Å². The molecule has 1 aromatic heterocycles. The van der Waals surface area contributed by atoms with E-state index in [-0.39, 0.29) is 0 Å². The van der Waals surface area contributed by atoms with Crippen molar-refractivity contribution in [3.8, 4) is 0 Å². The van der Waals surface area contributed by atoms with E-state index >= 15 is 0 Å². The Morgan fingerprint density at radius 3 is 1.83 bits per heavy atom. The maximum absolute atomic E-state index is 8.84. The highest BCUT2D eigenvalue weighted by molar-refractivity contribution is 4.93. The fraction of sp³-hybridized carbons (Fsp3) is 0.500. The van der Waals surface area contributed by atoms with E-state index in [1.54, 1.807) is 12.3 Å². The average molecular weight is 170 g/mol. The van der Waals surface area contributed by atoms with Crippen LogP contribution in [0.2, 0.25) is 0 Å². The average Bonchev–Trinajstić information content (AvgIpc) is 2.17. The van der Waals surface area contributed by atoms with Gasteiger partial charge in [-0.3, -0.25) is 5.21 Å². The molecular weight excluding hydrogens is 150 g/mol. The van der Waals surface area contributed by atoms with Gasteiger partial charge in [-0.1, -0.05) is 27.7 Å². The molecule has 2 nitrogen and oxygen atoms in total. The maximum Gasteiger partial charge on any atom is 0.231 e. The van der Waals surface area contributed by atoms with Crippen molar-refractivity contribution in [1.82, 2.24) is 0 Å². The monoisotopic (exact) mass is 170 g/mol. The molecule has 1 heterocycles. The lowest BCUT2D eigenvalue weighted by atomic mass is 10.4. The molecule has 0 amide bonds. The number of aryl methyl sites for hydroxylation is 1. The first-order chi connectivity index (χ1) is 5.80. The Balaban J connectivity index is 0. The zero-order valence-corrected chi connectivity index (χ0v) is 8.70. The quantitative estimate of drug-likeness (QED) is 0.469. The van der Waals surface area contributed by atoms with Crippen LogP contribution in [0.4, 0.5) is 0 Å². The maximum atomic E-state index is 8.84. The van der Waals surface area contributed by atoms with E-state index in [1.807, 2.05) is 46.8 Å². The molecule has 0 aliphatic heterocycles. The normalized spacial score (nSPS) is 7.08. The van der Waals surface area contributed by atoms with Crippen molar-refractivity contribution in [1.29, 1.82) is 0 Å². The zero-order valence-electron chi connectivity index (χ0n) is 8.70. The number of rotatable bonds is 0. The summed E-state index contributed by atoms with van der Waals surface area (Å²) < 4.78 is 1.08. The fourth-order valence-electron chi connectivity index (χ4n) is 0.520. The lowest BCUT2D eigenvalue weighted by Crippen LogP contribution is -2.32. The zero-order chi connectivity index (χ0) is 9.98. The van der Waals surface area contributed by atoms with E-state index in [9.17, 15) is 0 Å². The van der Waals surface area contributed by atoms with Gasteiger partial charge in [0.05, 0.1) is 0 Å². The minimum atomic E-state index is 0.840. The second kappa shape index (κ2) is 9.95. The van der Waals surface area contributed by atoms with Crippen molar-refractivity contribution in [2.24, 2.45) is 0 Å². The molecule has 0 bridgehead atoms. The summed E-state index contributed by atoms with van der Waals surface area (Å²) in [7, 11) is 0. The van der Waals surface area contributed by atoms with Crippen molar-refractivity contribution >= 4 is 0 Å². The van der Waals surface area contributed by atoms with Crippen LogP contribution in [0.5, 0.6) is 0 Å². The van der Waals surface area contributed by atoms with Crippen LogP contribution in [0.1, 0.15) is 33.4 Å². The molecule has 1 N–H and O–H groups in total. The Morgan fingerprint density at radius 2 is 1.58 bits per heavy atom. The van der Waals surface area contributed by atoms with Gasteiger partial charge in [0.2, 0.25) is 11.9 Å². The third-order valence-electron chi connectivity index (χ3n) is 1.04. The van der Waals surface area contributed by atoms with Crippen LogP contribution < -0.4 is 4.73 Å². The number of hydrogen-bond acceptors (Lipinski definition) is 1. The van der Waals surface area contributed by atoms with E-state index in [2.05, 4.69) is 0 Å². The van der Waals surface area contributed by atoms with Crippen molar-refractivity contribution < 1.29 is 9.94 Å². The van der Waals surface area contributed by atoms with E-state index in [0.29, 0.717) is 0 Å². The van der Waals surface area contributed by atoms with E-state index in [0.717, 1.165) is 10.4 Å². The van der Waals surface area contributed by atoms with Gasteiger partial charge in [0.1, 0.15) is 0 Å². The lowest BCUT2D eigenvalue weighted by molar-refractivity contribution is -0.908. The first kappa shape index (κ1) is 13.5. The van der Waals surface area contributed by atoms with Crippen molar-refractivity contribution in [2.75, 3.05) is 0 Å². The van der Waals surface area contributed by atoms with Crippen molar-refractivity contribution in [2.45, 2.75) is 34.6 Å². The summed E-state index contributed by atoms with van der Waals surface area (Å²) in [6.45, 7) is 9.83. The SMILES string of the molecule is CC.CC.Cc1cccc[n+]1O. The molecule has 1 aromatic rings. The first-order valence-electron chi connectivity index (χ1n) is 4.47. The highest BCUT2D eigenvalue weighted by Gasteiger charge is 1.96. The van der Waals surface area contributed by atoms with Crippen LogP contribution in [0.15, 0.2) is 24.4 Å². The molecule has 0 radical (unpaired) electrons. The Bertz CT molecular complexity index is 166. The minimum absolute atomic E-state index is 0.840. The summed E-state index contributed by atoms with van der Waals surface area (Å²) in [4.78, 5) is 0. The molecule has 0 aromatic carbocycles. The molecule has 0 fully saturated rings. The Labute approximate surface area is 75.4 Å². The molecule has 0 saturated carbocycles. The lowest BCUT2D eigenvalue weighted by Gasteiger charge is -1.83. The Kier molecular flexibility index (Phi) is 11.2. The molecule has 0 unspecified atom stereocenters. The molecule has 0 atom stereocenters. The van der Waals surface area contributed by atoms with Gasteiger partial charge in [0.25, 0.3) is 0 Å². The third kappa shape index (κ3) is 5.71. The second-order valence-electron chi connectivity index (χ2n) is 1.69. The van der Waals surface area contributed by atoms with Gasteiger partial charge < -0.3 is 0 Å². The number of hydrogen-bond donors (Lipinski definition) is 1. The van der Waals surface area contributed by atoms with Gasteiger partial charge in [-0.25, -0.2) is 0 Å². The molecule has 0 saturated heterocycles. The Hall–Kier alpha value is -1.05. The predicted octanol–water partition coefficient (Wildman–Crippen LogP) is 2.57. The van der Waals surface area contributed by atoms with Crippen LogP contribution in [0.25, 0.3) is 0 Å². The number of nitrogens with zero attached hydrogens (tertiary/aromatic N) is 1. The third-order valence-corrected chi connectivity index (χ3v) is 1.04. The largest absolute Gasteiger partial charge is 0.285 e. The number of pyridine rings is 1. The van der Waals surface area contributed by atoms with E-state index < -0.39 is 0 Å². The second-order valence-corrected chi connectivity index (χ2v) is 1.69.